The first-order valence-electron chi connectivity index (χ1n) is 5.53. The van der Waals surface area contributed by atoms with E-state index in [0.29, 0.717) is 5.69 Å². The predicted octanol–water partition coefficient (Wildman–Crippen LogP) is 2.45. The molecule has 1 heterocycles. The standard InChI is InChI=1S/C12H11Cl2N3O2S/c13-10-4-9(15)5-11(14)12(10)20(18,19)17-7-8-2-1-3-16-6-8/h1-6,17H,7,15H2. The minimum absolute atomic E-state index is 0.0197. The number of aromatic nitrogens is 1. The predicted molar refractivity (Wildman–Crippen MR) is 79.1 cm³/mol. The van der Waals surface area contributed by atoms with Crippen LogP contribution >= 0.6 is 23.2 Å². The summed E-state index contributed by atoms with van der Waals surface area (Å²) in [5, 5.41) is -0.0395. The normalized spacial score (nSPS) is 11.5. The maximum absolute atomic E-state index is 12.2. The van der Waals surface area contributed by atoms with Crippen molar-refractivity contribution in [1.82, 2.24) is 9.71 Å². The quantitative estimate of drug-likeness (QED) is 0.842. The highest BCUT2D eigenvalue weighted by Gasteiger charge is 2.22. The maximum Gasteiger partial charge on any atom is 0.243 e. The summed E-state index contributed by atoms with van der Waals surface area (Å²) in [5.74, 6) is 0. The summed E-state index contributed by atoms with van der Waals surface area (Å²) in [5.41, 5.74) is 6.56. The molecule has 106 valence electrons. The average molecular weight is 332 g/mol. The van der Waals surface area contributed by atoms with Crippen molar-refractivity contribution in [3.63, 3.8) is 0 Å². The third kappa shape index (κ3) is 3.40. The van der Waals surface area contributed by atoms with Crippen molar-refractivity contribution < 1.29 is 8.42 Å². The molecule has 3 N–H and O–H groups in total. The number of rotatable bonds is 4. The molecule has 0 radical (unpaired) electrons. The molecule has 1 aromatic carbocycles. The van der Waals surface area contributed by atoms with Gasteiger partial charge in [0.15, 0.2) is 0 Å². The largest absolute Gasteiger partial charge is 0.399 e. The van der Waals surface area contributed by atoms with Gasteiger partial charge in [0.25, 0.3) is 0 Å². The molecule has 0 atom stereocenters. The Balaban J connectivity index is 2.28. The van der Waals surface area contributed by atoms with Crippen LogP contribution in [-0.2, 0) is 16.6 Å². The minimum atomic E-state index is -3.83. The number of nitrogen functional groups attached to an aromatic ring is 1. The third-order valence-corrected chi connectivity index (χ3v) is 4.80. The molecule has 8 heteroatoms. The second kappa shape index (κ2) is 5.97. The number of benzene rings is 1. The molecule has 1 aromatic heterocycles. The Morgan fingerprint density at radius 3 is 2.45 bits per heavy atom. The van der Waals surface area contributed by atoms with Crippen molar-refractivity contribution in [3.05, 3.63) is 52.3 Å². The first kappa shape index (κ1) is 15.1. The van der Waals surface area contributed by atoms with E-state index in [4.69, 9.17) is 28.9 Å². The third-order valence-electron chi connectivity index (χ3n) is 2.48. The van der Waals surface area contributed by atoms with Gasteiger partial charge in [-0.25, -0.2) is 13.1 Å². The molecule has 5 nitrogen and oxygen atoms in total. The molecule has 2 aromatic rings. The molecule has 0 aliphatic rings. The van der Waals surface area contributed by atoms with Crippen LogP contribution in [0.25, 0.3) is 0 Å². The van der Waals surface area contributed by atoms with E-state index in [9.17, 15) is 8.42 Å². The van der Waals surface area contributed by atoms with Crippen molar-refractivity contribution in [1.29, 1.82) is 0 Å². The average Bonchev–Trinajstić information content (AvgIpc) is 2.36. The van der Waals surface area contributed by atoms with Gasteiger partial charge in [-0.2, -0.15) is 0 Å². The second-order valence-electron chi connectivity index (χ2n) is 4.00. The van der Waals surface area contributed by atoms with Crippen molar-refractivity contribution in [2.45, 2.75) is 11.4 Å². The van der Waals surface area contributed by atoms with Crippen LogP contribution in [0, 0.1) is 0 Å². The van der Waals surface area contributed by atoms with Crippen molar-refractivity contribution in [2.75, 3.05) is 5.73 Å². The van der Waals surface area contributed by atoms with Crippen LogP contribution < -0.4 is 10.5 Å². The maximum atomic E-state index is 12.2. The molecule has 0 saturated carbocycles. The Bertz CT molecular complexity index is 698. The molecular weight excluding hydrogens is 321 g/mol. The van der Waals surface area contributed by atoms with E-state index in [2.05, 4.69) is 9.71 Å². The lowest BCUT2D eigenvalue weighted by Gasteiger charge is -2.10. The highest BCUT2D eigenvalue weighted by atomic mass is 35.5. The molecule has 2 rings (SSSR count). The summed E-state index contributed by atoms with van der Waals surface area (Å²) in [6.07, 6.45) is 3.17. The van der Waals surface area contributed by atoms with Crippen molar-refractivity contribution >= 4 is 38.9 Å². The monoisotopic (exact) mass is 331 g/mol. The lowest BCUT2D eigenvalue weighted by atomic mass is 10.3. The topological polar surface area (TPSA) is 85.1 Å². The SMILES string of the molecule is Nc1cc(Cl)c(S(=O)(=O)NCc2cccnc2)c(Cl)c1. The molecule has 0 aliphatic heterocycles. The van der Waals surface area contributed by atoms with Crippen LogP contribution in [0.15, 0.2) is 41.6 Å². The number of nitrogens with two attached hydrogens (primary N) is 1. The molecular formula is C12H11Cl2N3O2S. The zero-order valence-electron chi connectivity index (χ0n) is 10.2. The molecule has 0 unspecified atom stereocenters. The zero-order chi connectivity index (χ0) is 14.8. The van der Waals surface area contributed by atoms with E-state index >= 15 is 0 Å². The number of hydrogen-bond acceptors (Lipinski definition) is 4. The first-order chi connectivity index (χ1) is 9.40. The summed E-state index contributed by atoms with van der Waals surface area (Å²) in [6.45, 7) is 0.0905. The number of nitrogens with one attached hydrogen (secondary N) is 1. The summed E-state index contributed by atoms with van der Waals surface area (Å²) in [6, 6.07) is 6.15. The molecule has 20 heavy (non-hydrogen) atoms. The smallest absolute Gasteiger partial charge is 0.243 e. The van der Waals surface area contributed by atoms with Crippen LogP contribution in [0.5, 0.6) is 0 Å². The van der Waals surface area contributed by atoms with Gasteiger partial charge in [0, 0.05) is 24.6 Å². The summed E-state index contributed by atoms with van der Waals surface area (Å²) in [7, 11) is -3.83. The van der Waals surface area contributed by atoms with E-state index in [1.54, 1.807) is 24.5 Å². The first-order valence-corrected chi connectivity index (χ1v) is 7.77. The van der Waals surface area contributed by atoms with Gasteiger partial charge >= 0.3 is 0 Å². The number of hydrogen-bond donors (Lipinski definition) is 2. The highest BCUT2D eigenvalue weighted by Crippen LogP contribution is 2.31. The number of halogens is 2. The van der Waals surface area contributed by atoms with Crippen LogP contribution in [0.2, 0.25) is 10.0 Å². The fourth-order valence-corrected chi connectivity index (χ4v) is 3.84. The zero-order valence-corrected chi connectivity index (χ0v) is 12.5. The van der Waals surface area contributed by atoms with Gasteiger partial charge in [0.1, 0.15) is 4.90 Å². The van der Waals surface area contributed by atoms with Gasteiger partial charge in [-0.05, 0) is 23.8 Å². The van der Waals surface area contributed by atoms with Gasteiger partial charge in [0.2, 0.25) is 10.0 Å². The van der Waals surface area contributed by atoms with Gasteiger partial charge in [0.05, 0.1) is 10.0 Å². The van der Waals surface area contributed by atoms with E-state index < -0.39 is 10.0 Å². The molecule has 0 fully saturated rings. The van der Waals surface area contributed by atoms with E-state index in [-0.39, 0.29) is 21.5 Å². The Kier molecular flexibility index (Phi) is 4.49. The molecule has 0 spiro atoms. The van der Waals surface area contributed by atoms with Crippen LogP contribution in [0.3, 0.4) is 0 Å². The summed E-state index contributed by atoms with van der Waals surface area (Å²) < 4.78 is 26.8. The number of nitrogens with zero attached hydrogens (tertiary/aromatic N) is 1. The van der Waals surface area contributed by atoms with Gasteiger partial charge in [-0.15, -0.1) is 0 Å². The molecule has 0 amide bonds. The van der Waals surface area contributed by atoms with Crippen molar-refractivity contribution in [3.8, 4) is 0 Å². The van der Waals surface area contributed by atoms with Crippen molar-refractivity contribution in [2.24, 2.45) is 0 Å². The van der Waals surface area contributed by atoms with Crippen LogP contribution in [0.1, 0.15) is 5.56 Å². The summed E-state index contributed by atoms with van der Waals surface area (Å²) >= 11 is 11.8. The van der Waals surface area contributed by atoms with Gasteiger partial charge in [-0.3, -0.25) is 4.98 Å². The van der Waals surface area contributed by atoms with Gasteiger partial charge in [-0.1, -0.05) is 29.3 Å². The molecule has 0 saturated heterocycles. The van der Waals surface area contributed by atoms with E-state index in [1.165, 1.54) is 12.1 Å². The second-order valence-corrected chi connectivity index (χ2v) is 6.52. The fourth-order valence-electron chi connectivity index (χ4n) is 1.59. The number of pyridine rings is 1. The fraction of sp³-hybridized carbons (Fsp3) is 0.0833. The highest BCUT2D eigenvalue weighted by molar-refractivity contribution is 7.89. The van der Waals surface area contributed by atoms with E-state index in [0.717, 1.165) is 5.56 Å². The van der Waals surface area contributed by atoms with Gasteiger partial charge < -0.3 is 5.73 Å². The lowest BCUT2D eigenvalue weighted by molar-refractivity contribution is 0.581. The Morgan fingerprint density at radius 1 is 1.25 bits per heavy atom. The van der Waals surface area contributed by atoms with Crippen LogP contribution in [0.4, 0.5) is 5.69 Å². The van der Waals surface area contributed by atoms with Crippen LogP contribution in [-0.4, -0.2) is 13.4 Å². The Morgan fingerprint density at radius 2 is 1.90 bits per heavy atom. The number of anilines is 1. The molecule has 0 aliphatic carbocycles. The van der Waals surface area contributed by atoms with E-state index in [1.807, 2.05) is 0 Å². The molecule has 0 bridgehead atoms. The minimum Gasteiger partial charge on any atom is -0.399 e. The Labute approximate surface area is 126 Å². The lowest BCUT2D eigenvalue weighted by Crippen LogP contribution is -2.24. The summed E-state index contributed by atoms with van der Waals surface area (Å²) in [4.78, 5) is 3.72. The number of sulfonamides is 1. The Hall–Kier alpha value is -1.34.